The number of nitriles is 1. The molecule has 130 valence electrons. The first-order chi connectivity index (χ1) is 12.2. The quantitative estimate of drug-likeness (QED) is 0.897. The molecule has 25 heavy (non-hydrogen) atoms. The van der Waals surface area contributed by atoms with Gasteiger partial charge in [0.1, 0.15) is 0 Å². The number of nitrogens with one attached hydrogen (secondary N) is 1. The predicted molar refractivity (Wildman–Crippen MR) is 100 cm³/mol. The van der Waals surface area contributed by atoms with Crippen LogP contribution in [0, 0.1) is 11.3 Å². The van der Waals surface area contributed by atoms with Crippen LogP contribution in [0.15, 0.2) is 41.8 Å². The Balaban J connectivity index is 1.50. The number of piperazine rings is 1. The molecule has 1 aromatic heterocycles. The molecule has 2 aromatic rings. The Labute approximate surface area is 152 Å². The topological polar surface area (TPSA) is 59.4 Å². The number of rotatable bonds is 5. The van der Waals surface area contributed by atoms with Crippen molar-refractivity contribution in [3.63, 3.8) is 0 Å². The summed E-state index contributed by atoms with van der Waals surface area (Å²) in [7, 11) is 0. The number of amides is 1. The molecule has 2 heterocycles. The molecule has 1 aliphatic rings. The van der Waals surface area contributed by atoms with Crippen LogP contribution in [-0.4, -0.2) is 47.9 Å². The zero-order valence-corrected chi connectivity index (χ0v) is 15.1. The van der Waals surface area contributed by atoms with Crippen molar-refractivity contribution in [2.45, 2.75) is 19.5 Å². The highest BCUT2D eigenvalue weighted by atomic mass is 32.1. The number of hydrogen-bond acceptors (Lipinski definition) is 5. The van der Waals surface area contributed by atoms with E-state index in [1.165, 1.54) is 4.88 Å². The highest BCUT2D eigenvalue weighted by Gasteiger charge is 2.25. The molecule has 0 bridgehead atoms. The molecule has 1 atom stereocenters. The molecule has 6 heteroatoms. The van der Waals surface area contributed by atoms with Crippen LogP contribution in [0.1, 0.15) is 17.4 Å². The molecule has 5 nitrogen and oxygen atoms in total. The van der Waals surface area contributed by atoms with E-state index in [9.17, 15) is 4.79 Å². The van der Waals surface area contributed by atoms with Gasteiger partial charge in [0.2, 0.25) is 5.91 Å². The number of carbonyl (C=O) groups is 1. The van der Waals surface area contributed by atoms with Crippen LogP contribution in [0.4, 0.5) is 5.69 Å². The van der Waals surface area contributed by atoms with Crippen LogP contribution in [0.2, 0.25) is 0 Å². The minimum atomic E-state index is -0.186. The summed E-state index contributed by atoms with van der Waals surface area (Å²) in [6, 6.07) is 13.2. The van der Waals surface area contributed by atoms with E-state index in [1.807, 2.05) is 13.0 Å². The molecule has 0 radical (unpaired) electrons. The van der Waals surface area contributed by atoms with E-state index < -0.39 is 0 Å². The van der Waals surface area contributed by atoms with Crippen molar-refractivity contribution in [3.8, 4) is 6.07 Å². The van der Waals surface area contributed by atoms with Crippen LogP contribution >= 0.6 is 11.3 Å². The molecular formula is C19H22N4OS. The molecule has 1 fully saturated rings. The molecule has 3 rings (SSSR count). The Hall–Kier alpha value is -2.20. The number of carbonyl (C=O) groups excluding carboxylic acids is 1. The van der Waals surface area contributed by atoms with Gasteiger partial charge in [0.25, 0.3) is 0 Å². The molecule has 1 aliphatic heterocycles. The maximum absolute atomic E-state index is 12.5. The number of hydrogen-bond donors (Lipinski definition) is 1. The van der Waals surface area contributed by atoms with Crippen LogP contribution in [0.5, 0.6) is 0 Å². The Kier molecular flexibility index (Phi) is 5.82. The van der Waals surface area contributed by atoms with E-state index in [1.54, 1.807) is 29.5 Å². The van der Waals surface area contributed by atoms with Crippen molar-refractivity contribution in [2.24, 2.45) is 0 Å². The van der Waals surface area contributed by atoms with E-state index in [-0.39, 0.29) is 11.9 Å². The minimum absolute atomic E-state index is 0.0261. The number of thiophene rings is 1. The first-order valence-corrected chi connectivity index (χ1v) is 9.33. The lowest BCUT2D eigenvalue weighted by Gasteiger charge is -2.37. The summed E-state index contributed by atoms with van der Waals surface area (Å²) < 4.78 is 0. The number of nitrogens with zero attached hydrogens (tertiary/aromatic N) is 3. The number of anilines is 1. The SMILES string of the molecule is C[C@@H](C(=O)Nc1cccc(C#N)c1)N1CCN(Cc2cccs2)CC1. The van der Waals surface area contributed by atoms with Crippen LogP contribution in [0.25, 0.3) is 0 Å². The van der Waals surface area contributed by atoms with Crippen molar-refractivity contribution in [3.05, 3.63) is 52.2 Å². The third-order valence-electron chi connectivity index (χ3n) is 4.55. The van der Waals surface area contributed by atoms with Gasteiger partial charge in [-0.2, -0.15) is 5.26 Å². The van der Waals surface area contributed by atoms with Crippen molar-refractivity contribution in [1.82, 2.24) is 9.80 Å². The van der Waals surface area contributed by atoms with Gasteiger partial charge < -0.3 is 5.32 Å². The summed E-state index contributed by atoms with van der Waals surface area (Å²) in [5, 5.41) is 14.0. The summed E-state index contributed by atoms with van der Waals surface area (Å²) in [5.41, 5.74) is 1.22. The molecule has 0 unspecified atom stereocenters. The first kappa shape index (κ1) is 17.6. The standard InChI is InChI=1S/C19H22N4OS/c1-15(19(24)21-17-5-2-4-16(12-17)13-20)23-9-7-22(8-10-23)14-18-6-3-11-25-18/h2-6,11-12,15H,7-10,14H2,1H3,(H,21,24)/t15-/m0/s1. The average molecular weight is 354 g/mol. The highest BCUT2D eigenvalue weighted by Crippen LogP contribution is 2.16. The summed E-state index contributed by atoms with van der Waals surface area (Å²) in [4.78, 5) is 18.5. The highest BCUT2D eigenvalue weighted by molar-refractivity contribution is 7.09. The Morgan fingerprint density at radius 3 is 2.76 bits per heavy atom. The van der Waals surface area contributed by atoms with Crippen molar-refractivity contribution in [2.75, 3.05) is 31.5 Å². The van der Waals surface area contributed by atoms with Gasteiger partial charge in [0.05, 0.1) is 17.7 Å². The second kappa shape index (κ2) is 8.26. The maximum Gasteiger partial charge on any atom is 0.241 e. The maximum atomic E-state index is 12.5. The van der Waals surface area contributed by atoms with Gasteiger partial charge in [-0.1, -0.05) is 12.1 Å². The van der Waals surface area contributed by atoms with Gasteiger partial charge in [0, 0.05) is 43.3 Å². The Morgan fingerprint density at radius 2 is 2.08 bits per heavy atom. The van der Waals surface area contributed by atoms with E-state index in [0.29, 0.717) is 11.3 Å². The molecule has 1 N–H and O–H groups in total. The largest absolute Gasteiger partial charge is 0.325 e. The van der Waals surface area contributed by atoms with E-state index in [0.717, 1.165) is 32.7 Å². The van der Waals surface area contributed by atoms with Crippen molar-refractivity contribution < 1.29 is 4.79 Å². The fourth-order valence-corrected chi connectivity index (χ4v) is 3.76. The molecule has 0 spiro atoms. The van der Waals surface area contributed by atoms with Gasteiger partial charge in [-0.25, -0.2) is 0 Å². The van der Waals surface area contributed by atoms with Crippen LogP contribution < -0.4 is 5.32 Å². The van der Waals surface area contributed by atoms with E-state index in [2.05, 4.69) is 38.7 Å². The summed E-state index contributed by atoms with van der Waals surface area (Å²) >= 11 is 1.79. The smallest absolute Gasteiger partial charge is 0.241 e. The lowest BCUT2D eigenvalue weighted by atomic mass is 10.2. The zero-order valence-electron chi connectivity index (χ0n) is 14.3. The summed E-state index contributed by atoms with van der Waals surface area (Å²) in [5.74, 6) is -0.0261. The van der Waals surface area contributed by atoms with Gasteiger partial charge in [-0.15, -0.1) is 11.3 Å². The lowest BCUT2D eigenvalue weighted by Crippen LogP contribution is -2.52. The van der Waals surface area contributed by atoms with E-state index >= 15 is 0 Å². The zero-order chi connectivity index (χ0) is 17.6. The van der Waals surface area contributed by atoms with Crippen LogP contribution in [-0.2, 0) is 11.3 Å². The normalized spacial score (nSPS) is 17.0. The number of benzene rings is 1. The molecule has 1 aromatic carbocycles. The van der Waals surface area contributed by atoms with Gasteiger partial charge >= 0.3 is 0 Å². The van der Waals surface area contributed by atoms with Gasteiger partial charge in [-0.3, -0.25) is 14.6 Å². The Bertz CT molecular complexity index is 745. The first-order valence-electron chi connectivity index (χ1n) is 8.45. The molecule has 0 aliphatic carbocycles. The molecular weight excluding hydrogens is 332 g/mol. The van der Waals surface area contributed by atoms with Crippen molar-refractivity contribution >= 4 is 22.9 Å². The summed E-state index contributed by atoms with van der Waals surface area (Å²) in [6.45, 7) is 6.65. The summed E-state index contributed by atoms with van der Waals surface area (Å²) in [6.07, 6.45) is 0. The third kappa shape index (κ3) is 4.67. The van der Waals surface area contributed by atoms with Crippen molar-refractivity contribution in [1.29, 1.82) is 5.26 Å². The molecule has 1 saturated heterocycles. The second-order valence-electron chi connectivity index (χ2n) is 6.25. The molecule has 0 saturated carbocycles. The third-order valence-corrected chi connectivity index (χ3v) is 5.41. The lowest BCUT2D eigenvalue weighted by molar-refractivity contribution is -0.121. The fourth-order valence-electron chi connectivity index (χ4n) is 3.01. The predicted octanol–water partition coefficient (Wildman–Crippen LogP) is 2.76. The second-order valence-corrected chi connectivity index (χ2v) is 7.28. The van der Waals surface area contributed by atoms with Gasteiger partial charge in [0.15, 0.2) is 0 Å². The van der Waals surface area contributed by atoms with E-state index in [4.69, 9.17) is 5.26 Å². The minimum Gasteiger partial charge on any atom is -0.325 e. The van der Waals surface area contributed by atoms with Crippen LogP contribution in [0.3, 0.4) is 0 Å². The Morgan fingerprint density at radius 1 is 1.28 bits per heavy atom. The fraction of sp³-hybridized carbons (Fsp3) is 0.368. The van der Waals surface area contributed by atoms with Gasteiger partial charge in [-0.05, 0) is 36.6 Å². The monoisotopic (exact) mass is 354 g/mol. The average Bonchev–Trinajstić information content (AvgIpc) is 3.15. The molecule has 1 amide bonds.